The van der Waals surface area contributed by atoms with Gasteiger partial charge in [0, 0.05) is 7.05 Å². The highest BCUT2D eigenvalue weighted by atomic mass is 35.5. The molecule has 0 bridgehead atoms. The van der Waals surface area contributed by atoms with E-state index in [0.717, 1.165) is 19.2 Å². The largest absolute Gasteiger partial charge is 0.480 e. The normalized spacial score (nSPS) is 11.6. The average Bonchev–Trinajstić information content (AvgIpc) is 2.26. The number of benzene rings is 1. The number of nitro benzene ring substituents is 1. The number of halogens is 2. The smallest absolute Gasteiger partial charge is 0.318 e. The maximum Gasteiger partial charge on any atom is 0.318 e. The lowest BCUT2D eigenvalue weighted by atomic mass is 10.3. The summed E-state index contributed by atoms with van der Waals surface area (Å²) in [7, 11) is -3.27. The van der Waals surface area contributed by atoms with E-state index < -0.39 is 43.1 Å². The molecular formula is C9H8Cl2N2O6S. The zero-order valence-corrected chi connectivity index (χ0v) is 12.2. The highest BCUT2D eigenvalue weighted by Gasteiger charge is 2.31. The van der Waals surface area contributed by atoms with Crippen molar-refractivity contribution in [3.8, 4) is 0 Å². The molecule has 1 rings (SSSR count). The minimum absolute atomic E-state index is 0.320. The van der Waals surface area contributed by atoms with Crippen LogP contribution in [-0.4, -0.2) is 42.3 Å². The predicted octanol–water partition coefficient (Wildman–Crippen LogP) is 1.61. The minimum Gasteiger partial charge on any atom is -0.480 e. The Morgan fingerprint density at radius 3 is 2.45 bits per heavy atom. The molecule has 0 aromatic heterocycles. The van der Waals surface area contributed by atoms with Crippen LogP contribution in [0.25, 0.3) is 0 Å². The van der Waals surface area contributed by atoms with Crippen molar-refractivity contribution in [2.24, 2.45) is 0 Å². The summed E-state index contributed by atoms with van der Waals surface area (Å²) in [5.74, 6) is -1.38. The molecule has 0 atom stereocenters. The monoisotopic (exact) mass is 342 g/mol. The fourth-order valence-electron chi connectivity index (χ4n) is 1.33. The Hall–Kier alpha value is -1.42. The summed E-state index contributed by atoms with van der Waals surface area (Å²) >= 11 is 11.3. The van der Waals surface area contributed by atoms with Crippen molar-refractivity contribution < 1.29 is 23.2 Å². The number of nitrogens with zero attached hydrogens (tertiary/aromatic N) is 2. The van der Waals surface area contributed by atoms with Gasteiger partial charge in [0.1, 0.15) is 21.5 Å². The van der Waals surface area contributed by atoms with E-state index in [2.05, 4.69) is 0 Å². The van der Waals surface area contributed by atoms with Crippen LogP contribution >= 0.6 is 23.2 Å². The Labute approximate surface area is 123 Å². The number of carboxylic acids is 1. The maximum absolute atomic E-state index is 12.1. The third kappa shape index (κ3) is 3.18. The van der Waals surface area contributed by atoms with Crippen LogP contribution in [0.5, 0.6) is 0 Å². The second-order valence-electron chi connectivity index (χ2n) is 3.62. The molecule has 0 fully saturated rings. The Balaban J connectivity index is 3.44. The molecule has 1 aromatic carbocycles. The Morgan fingerprint density at radius 2 is 2.00 bits per heavy atom. The van der Waals surface area contributed by atoms with Gasteiger partial charge in [-0.25, -0.2) is 8.42 Å². The second-order valence-corrected chi connectivity index (χ2v) is 6.42. The number of aliphatic carboxylic acids is 1. The molecule has 0 aliphatic carbocycles. The van der Waals surface area contributed by atoms with Gasteiger partial charge in [0.25, 0.3) is 0 Å². The van der Waals surface area contributed by atoms with Crippen molar-refractivity contribution in [2.45, 2.75) is 4.90 Å². The molecule has 11 heteroatoms. The molecule has 110 valence electrons. The maximum atomic E-state index is 12.1. The van der Waals surface area contributed by atoms with E-state index in [1.54, 1.807) is 0 Å². The van der Waals surface area contributed by atoms with Gasteiger partial charge in [-0.3, -0.25) is 14.9 Å². The molecule has 0 spiro atoms. The highest BCUT2D eigenvalue weighted by Crippen LogP contribution is 2.37. The van der Waals surface area contributed by atoms with Gasteiger partial charge in [0.2, 0.25) is 10.0 Å². The van der Waals surface area contributed by atoms with Gasteiger partial charge < -0.3 is 5.11 Å². The van der Waals surface area contributed by atoms with Crippen LogP contribution in [0.2, 0.25) is 10.0 Å². The van der Waals surface area contributed by atoms with Crippen LogP contribution in [0.3, 0.4) is 0 Å². The lowest BCUT2D eigenvalue weighted by molar-refractivity contribution is -0.384. The lowest BCUT2D eigenvalue weighted by Gasteiger charge is -2.15. The van der Waals surface area contributed by atoms with E-state index >= 15 is 0 Å². The van der Waals surface area contributed by atoms with E-state index in [9.17, 15) is 23.3 Å². The summed E-state index contributed by atoms with van der Waals surface area (Å²) in [4.78, 5) is 19.8. The number of carboxylic acid groups (broad SMARTS) is 1. The summed E-state index contributed by atoms with van der Waals surface area (Å²) in [6.07, 6.45) is 0. The minimum atomic E-state index is -4.28. The van der Waals surface area contributed by atoms with Crippen LogP contribution < -0.4 is 0 Å². The van der Waals surface area contributed by atoms with Gasteiger partial charge in [-0.15, -0.1) is 0 Å². The number of hydrogen-bond donors (Lipinski definition) is 1. The Bertz CT molecular complexity index is 675. The van der Waals surface area contributed by atoms with E-state index in [1.165, 1.54) is 0 Å². The Kier molecular flexibility index (Phi) is 4.92. The number of likely N-dealkylation sites (N-methyl/N-ethyl adjacent to an activating group) is 1. The third-order valence-corrected chi connectivity index (χ3v) is 4.91. The van der Waals surface area contributed by atoms with Crippen molar-refractivity contribution >= 4 is 44.9 Å². The highest BCUT2D eigenvalue weighted by molar-refractivity contribution is 7.89. The van der Waals surface area contributed by atoms with Crippen molar-refractivity contribution in [1.29, 1.82) is 0 Å². The van der Waals surface area contributed by atoms with Crippen molar-refractivity contribution in [2.75, 3.05) is 13.6 Å². The molecule has 0 amide bonds. The molecule has 1 N–H and O–H groups in total. The van der Waals surface area contributed by atoms with Crippen LogP contribution in [0.15, 0.2) is 17.0 Å². The standard InChI is InChI=1S/C9H8Cl2N2O6S/c1-12(4-7(14)15)20(18,19)6-3-2-5(10)9(8(6)11)13(16)17/h2-3H,4H2,1H3,(H,14,15). The molecule has 8 nitrogen and oxygen atoms in total. The SMILES string of the molecule is CN(CC(=O)O)S(=O)(=O)c1ccc(Cl)c([N+](=O)[O-])c1Cl. The van der Waals surface area contributed by atoms with Gasteiger partial charge in [-0.1, -0.05) is 23.2 Å². The molecule has 0 radical (unpaired) electrons. The zero-order valence-electron chi connectivity index (χ0n) is 9.91. The lowest BCUT2D eigenvalue weighted by Crippen LogP contribution is -2.32. The first kappa shape index (κ1) is 16.6. The molecule has 0 aliphatic rings. The molecule has 20 heavy (non-hydrogen) atoms. The first-order chi connectivity index (χ1) is 9.09. The average molecular weight is 343 g/mol. The number of hydrogen-bond acceptors (Lipinski definition) is 5. The van der Waals surface area contributed by atoms with Gasteiger partial charge in [-0.05, 0) is 12.1 Å². The van der Waals surface area contributed by atoms with Crippen LogP contribution in [0.4, 0.5) is 5.69 Å². The summed E-state index contributed by atoms with van der Waals surface area (Å²) < 4.78 is 24.7. The van der Waals surface area contributed by atoms with Crippen molar-refractivity contribution in [3.63, 3.8) is 0 Å². The summed E-state index contributed by atoms with van der Waals surface area (Å²) in [5, 5.41) is 18.4. The van der Waals surface area contributed by atoms with Crippen LogP contribution in [-0.2, 0) is 14.8 Å². The summed E-state index contributed by atoms with van der Waals surface area (Å²) in [6.45, 7) is -0.810. The predicted molar refractivity (Wildman–Crippen MR) is 70.6 cm³/mol. The van der Waals surface area contributed by atoms with Crippen LogP contribution in [0.1, 0.15) is 0 Å². The molecule has 0 saturated carbocycles. The van der Waals surface area contributed by atoms with E-state index in [-0.39, 0.29) is 5.02 Å². The topological polar surface area (TPSA) is 118 Å². The van der Waals surface area contributed by atoms with Gasteiger partial charge >= 0.3 is 11.7 Å². The molecule has 0 unspecified atom stereocenters. The van der Waals surface area contributed by atoms with E-state index in [0.29, 0.717) is 4.31 Å². The first-order valence-electron chi connectivity index (χ1n) is 4.89. The van der Waals surface area contributed by atoms with E-state index in [4.69, 9.17) is 28.3 Å². The van der Waals surface area contributed by atoms with Crippen molar-refractivity contribution in [3.05, 3.63) is 32.3 Å². The fraction of sp³-hybridized carbons (Fsp3) is 0.222. The number of rotatable bonds is 5. The quantitative estimate of drug-likeness (QED) is 0.641. The molecule has 0 saturated heterocycles. The molecule has 0 heterocycles. The number of sulfonamides is 1. The van der Waals surface area contributed by atoms with Crippen molar-refractivity contribution in [1.82, 2.24) is 4.31 Å². The summed E-state index contributed by atoms with van der Waals surface area (Å²) in [6, 6.07) is 1.98. The van der Waals surface area contributed by atoms with E-state index in [1.807, 2.05) is 0 Å². The fourth-order valence-corrected chi connectivity index (χ4v) is 3.31. The van der Waals surface area contributed by atoms with Crippen LogP contribution in [0, 0.1) is 10.1 Å². The zero-order chi connectivity index (χ0) is 15.7. The molecule has 0 aliphatic heterocycles. The third-order valence-electron chi connectivity index (χ3n) is 2.26. The molecular weight excluding hydrogens is 335 g/mol. The van der Waals surface area contributed by atoms with Gasteiger partial charge in [-0.2, -0.15) is 4.31 Å². The second kappa shape index (κ2) is 5.92. The summed E-state index contributed by atoms with van der Waals surface area (Å²) in [5.41, 5.74) is -0.752. The number of carbonyl (C=O) groups is 1. The first-order valence-corrected chi connectivity index (χ1v) is 7.09. The Morgan fingerprint density at radius 1 is 1.45 bits per heavy atom. The van der Waals surface area contributed by atoms with Gasteiger partial charge in [0.05, 0.1) is 4.92 Å². The molecule has 1 aromatic rings. The number of nitro groups is 1. The van der Waals surface area contributed by atoms with Gasteiger partial charge in [0.15, 0.2) is 0 Å².